The second-order valence-corrected chi connectivity index (χ2v) is 3.60. The Bertz CT molecular complexity index is 496. The minimum atomic E-state index is -0.180. The largest absolute Gasteiger partial charge is 0.495 e. The lowest BCUT2D eigenvalue weighted by molar-refractivity contribution is 0.400. The van der Waals surface area contributed by atoms with Gasteiger partial charge in [0, 0.05) is 25.0 Å². The molecule has 0 amide bonds. The zero-order chi connectivity index (χ0) is 12.3. The molecule has 0 saturated carbocycles. The molecule has 2 aromatic rings. The van der Waals surface area contributed by atoms with Gasteiger partial charge in [0.05, 0.1) is 25.0 Å². The van der Waals surface area contributed by atoms with Gasteiger partial charge < -0.3 is 4.74 Å². The maximum atomic E-state index is 5.62. The van der Waals surface area contributed by atoms with Gasteiger partial charge in [0.2, 0.25) is 0 Å². The first-order chi connectivity index (χ1) is 8.27. The van der Waals surface area contributed by atoms with Crippen molar-refractivity contribution >= 4 is 0 Å². The number of nitrogens with zero attached hydrogens (tertiary/aromatic N) is 3. The van der Waals surface area contributed by atoms with Gasteiger partial charge in [0.1, 0.15) is 5.75 Å². The van der Waals surface area contributed by atoms with E-state index in [1.54, 1.807) is 30.4 Å². The number of aryl methyl sites for hydroxylation is 1. The summed E-state index contributed by atoms with van der Waals surface area (Å²) < 4.78 is 7.05. The number of aromatic nitrogens is 3. The van der Waals surface area contributed by atoms with Gasteiger partial charge >= 0.3 is 0 Å². The first-order valence-electron chi connectivity index (χ1n) is 5.20. The van der Waals surface area contributed by atoms with E-state index >= 15 is 0 Å². The third kappa shape index (κ3) is 2.13. The first-order valence-corrected chi connectivity index (χ1v) is 5.20. The van der Waals surface area contributed by atoms with E-state index in [0.717, 1.165) is 11.3 Å². The van der Waals surface area contributed by atoms with Gasteiger partial charge in [-0.3, -0.25) is 15.5 Å². The maximum Gasteiger partial charge on any atom is 0.142 e. The van der Waals surface area contributed by atoms with Crippen LogP contribution in [0, 0.1) is 0 Å². The highest BCUT2D eigenvalue weighted by Crippen LogP contribution is 2.27. The summed E-state index contributed by atoms with van der Waals surface area (Å²) in [5.41, 5.74) is 4.65. The first kappa shape index (κ1) is 11.6. The number of ether oxygens (including phenoxy) is 1. The van der Waals surface area contributed by atoms with Crippen LogP contribution < -0.4 is 16.0 Å². The maximum absolute atomic E-state index is 5.62. The molecule has 2 rings (SSSR count). The van der Waals surface area contributed by atoms with E-state index in [1.165, 1.54) is 0 Å². The lowest BCUT2D eigenvalue weighted by Crippen LogP contribution is -2.30. The Kier molecular flexibility index (Phi) is 3.36. The lowest BCUT2D eigenvalue weighted by atomic mass is 10.0. The summed E-state index contributed by atoms with van der Waals surface area (Å²) in [5.74, 6) is 6.31. The predicted octanol–water partition coefficient (Wildman–Crippen LogP) is 0.376. The zero-order valence-electron chi connectivity index (χ0n) is 9.79. The van der Waals surface area contributed by atoms with E-state index < -0.39 is 0 Å². The third-order valence-corrected chi connectivity index (χ3v) is 2.67. The molecule has 0 bridgehead atoms. The molecule has 6 heteroatoms. The van der Waals surface area contributed by atoms with Crippen LogP contribution >= 0.6 is 0 Å². The minimum Gasteiger partial charge on any atom is -0.495 e. The zero-order valence-corrected chi connectivity index (χ0v) is 9.79. The fourth-order valence-electron chi connectivity index (χ4n) is 1.80. The fraction of sp³-hybridized carbons (Fsp3) is 0.273. The van der Waals surface area contributed by atoms with Crippen LogP contribution in [-0.2, 0) is 7.05 Å². The molecule has 0 saturated heterocycles. The summed E-state index contributed by atoms with van der Waals surface area (Å²) in [6.45, 7) is 0. The molecule has 0 aliphatic carbocycles. The molecule has 6 nitrogen and oxygen atoms in total. The Labute approximate surface area is 99.4 Å². The van der Waals surface area contributed by atoms with Crippen molar-refractivity contribution in [1.29, 1.82) is 0 Å². The number of hydrogen-bond acceptors (Lipinski definition) is 5. The molecule has 3 N–H and O–H groups in total. The van der Waals surface area contributed by atoms with E-state index in [9.17, 15) is 0 Å². The number of rotatable bonds is 4. The molecule has 2 aromatic heterocycles. The van der Waals surface area contributed by atoms with E-state index in [4.69, 9.17) is 10.6 Å². The Morgan fingerprint density at radius 1 is 1.41 bits per heavy atom. The van der Waals surface area contributed by atoms with E-state index in [-0.39, 0.29) is 6.04 Å². The third-order valence-electron chi connectivity index (χ3n) is 2.67. The highest BCUT2D eigenvalue weighted by atomic mass is 16.5. The summed E-state index contributed by atoms with van der Waals surface area (Å²) >= 11 is 0. The second-order valence-electron chi connectivity index (χ2n) is 3.60. The normalized spacial score (nSPS) is 12.4. The molecule has 17 heavy (non-hydrogen) atoms. The van der Waals surface area contributed by atoms with Crippen molar-refractivity contribution in [3.05, 3.63) is 42.0 Å². The van der Waals surface area contributed by atoms with Gasteiger partial charge in [-0.25, -0.2) is 5.43 Å². The smallest absolute Gasteiger partial charge is 0.142 e. The van der Waals surface area contributed by atoms with Crippen molar-refractivity contribution in [1.82, 2.24) is 20.2 Å². The van der Waals surface area contributed by atoms with Crippen molar-refractivity contribution in [3.63, 3.8) is 0 Å². The number of pyridine rings is 1. The second kappa shape index (κ2) is 4.94. The van der Waals surface area contributed by atoms with E-state index in [0.29, 0.717) is 5.75 Å². The average molecular weight is 233 g/mol. The molecular formula is C11H15N5O. The molecule has 0 spiro atoms. The Morgan fingerprint density at radius 3 is 2.82 bits per heavy atom. The van der Waals surface area contributed by atoms with Crippen LogP contribution in [0.4, 0.5) is 0 Å². The number of nitrogens with two attached hydrogens (primary N) is 1. The molecular weight excluding hydrogens is 218 g/mol. The van der Waals surface area contributed by atoms with Crippen molar-refractivity contribution in [3.8, 4) is 5.75 Å². The van der Waals surface area contributed by atoms with Crippen LogP contribution in [0.25, 0.3) is 0 Å². The molecule has 90 valence electrons. The van der Waals surface area contributed by atoms with Gasteiger partial charge in [-0.15, -0.1) is 0 Å². The molecule has 2 heterocycles. The lowest BCUT2D eigenvalue weighted by Gasteiger charge is -2.18. The number of nitrogens with one attached hydrogen (secondary N) is 1. The molecule has 0 aliphatic rings. The molecule has 1 atom stereocenters. The summed E-state index contributed by atoms with van der Waals surface area (Å²) in [5, 5.41) is 4.13. The molecule has 0 fully saturated rings. The highest BCUT2D eigenvalue weighted by Gasteiger charge is 2.19. The molecule has 1 unspecified atom stereocenters. The Morgan fingerprint density at radius 2 is 2.24 bits per heavy atom. The van der Waals surface area contributed by atoms with Gasteiger partial charge in [0.25, 0.3) is 0 Å². The highest BCUT2D eigenvalue weighted by molar-refractivity contribution is 5.37. The van der Waals surface area contributed by atoms with Gasteiger partial charge in [-0.2, -0.15) is 5.10 Å². The number of hydrogen-bond donors (Lipinski definition) is 2. The molecule has 0 aliphatic heterocycles. The van der Waals surface area contributed by atoms with Gasteiger partial charge in [-0.05, 0) is 12.1 Å². The topological polar surface area (TPSA) is 78.0 Å². The summed E-state index contributed by atoms with van der Waals surface area (Å²) in [6, 6.07) is 3.60. The molecule has 0 radical (unpaired) electrons. The summed E-state index contributed by atoms with van der Waals surface area (Å²) in [4.78, 5) is 4.02. The number of hydrazine groups is 1. The van der Waals surface area contributed by atoms with E-state index in [2.05, 4.69) is 15.5 Å². The quantitative estimate of drug-likeness (QED) is 0.589. The van der Waals surface area contributed by atoms with Crippen LogP contribution in [-0.4, -0.2) is 21.9 Å². The monoisotopic (exact) mass is 233 g/mol. The Hall–Kier alpha value is -1.92. The standard InChI is InChI=1S/C11H15N5O/c1-16-9(4-6-14-16)11(15-12)8-3-5-13-7-10(8)17-2/h3-7,11,15H,12H2,1-2H3. The van der Waals surface area contributed by atoms with E-state index in [1.807, 2.05) is 19.2 Å². The van der Waals surface area contributed by atoms with Crippen LogP contribution in [0.15, 0.2) is 30.7 Å². The van der Waals surface area contributed by atoms with Crippen LogP contribution in [0.1, 0.15) is 17.3 Å². The summed E-state index contributed by atoms with van der Waals surface area (Å²) in [7, 11) is 3.48. The van der Waals surface area contributed by atoms with Crippen LogP contribution in [0.3, 0.4) is 0 Å². The fourth-order valence-corrected chi connectivity index (χ4v) is 1.80. The average Bonchev–Trinajstić information content (AvgIpc) is 2.78. The van der Waals surface area contributed by atoms with Crippen molar-refractivity contribution in [2.45, 2.75) is 6.04 Å². The van der Waals surface area contributed by atoms with Crippen LogP contribution in [0.2, 0.25) is 0 Å². The van der Waals surface area contributed by atoms with Crippen molar-refractivity contribution in [2.75, 3.05) is 7.11 Å². The predicted molar refractivity (Wildman–Crippen MR) is 63.2 cm³/mol. The van der Waals surface area contributed by atoms with Crippen molar-refractivity contribution < 1.29 is 4.74 Å². The summed E-state index contributed by atoms with van der Waals surface area (Å²) in [6.07, 6.45) is 5.10. The Balaban J connectivity index is 2.46. The SMILES string of the molecule is COc1cnccc1C(NN)c1ccnn1C. The van der Waals surface area contributed by atoms with Crippen LogP contribution in [0.5, 0.6) is 5.75 Å². The van der Waals surface area contributed by atoms with Crippen molar-refractivity contribution in [2.24, 2.45) is 12.9 Å². The molecule has 0 aromatic carbocycles. The number of methoxy groups -OCH3 is 1. The van der Waals surface area contributed by atoms with Gasteiger partial charge in [-0.1, -0.05) is 0 Å². The van der Waals surface area contributed by atoms with Gasteiger partial charge in [0.15, 0.2) is 0 Å². The minimum absolute atomic E-state index is 0.180.